The van der Waals surface area contributed by atoms with Gasteiger partial charge < -0.3 is 9.47 Å². The average molecular weight is 255 g/mol. The minimum absolute atomic E-state index is 0.210. The van der Waals surface area contributed by atoms with Crippen LogP contribution in [0.1, 0.15) is 40.5 Å². The maximum atomic E-state index is 12.1. The van der Waals surface area contributed by atoms with Crippen molar-refractivity contribution in [2.45, 2.75) is 57.7 Å². The Labute approximate surface area is 107 Å². The molecule has 0 aromatic heterocycles. The molecule has 0 bridgehead atoms. The maximum absolute atomic E-state index is 12.1. The number of nitrogens with one attached hydrogen (secondary N) is 1. The fourth-order valence-corrected chi connectivity index (χ4v) is 2.52. The Hall–Kier alpha value is -1.10. The molecule has 0 radical (unpaired) electrons. The molecule has 2 rings (SSSR count). The third kappa shape index (κ3) is 2.36. The lowest BCUT2D eigenvalue weighted by atomic mass is 10.1. The second kappa shape index (κ2) is 4.23. The fraction of sp³-hybridized carbons (Fsp3) is 0.846. The molecule has 0 aromatic rings. The summed E-state index contributed by atoms with van der Waals surface area (Å²) >= 11 is 0. The highest BCUT2D eigenvalue weighted by Crippen LogP contribution is 2.53. The van der Waals surface area contributed by atoms with Gasteiger partial charge >= 0.3 is 11.9 Å². The van der Waals surface area contributed by atoms with Gasteiger partial charge in [0.2, 0.25) is 0 Å². The van der Waals surface area contributed by atoms with Gasteiger partial charge in [-0.2, -0.15) is 0 Å². The van der Waals surface area contributed by atoms with Crippen LogP contribution in [-0.4, -0.2) is 35.7 Å². The van der Waals surface area contributed by atoms with Crippen LogP contribution in [0.4, 0.5) is 0 Å². The van der Waals surface area contributed by atoms with E-state index in [1.165, 1.54) is 0 Å². The zero-order chi connectivity index (χ0) is 13.6. The maximum Gasteiger partial charge on any atom is 0.327 e. The molecule has 2 fully saturated rings. The molecule has 5 heteroatoms. The fourth-order valence-electron chi connectivity index (χ4n) is 2.52. The van der Waals surface area contributed by atoms with Crippen LogP contribution in [0.3, 0.4) is 0 Å². The molecule has 0 amide bonds. The van der Waals surface area contributed by atoms with Crippen LogP contribution in [-0.2, 0) is 19.1 Å². The second-order valence-electron chi connectivity index (χ2n) is 6.06. The number of carbonyl (C=O) groups is 2. The summed E-state index contributed by atoms with van der Waals surface area (Å²) in [5.74, 6) is -0.304. The lowest BCUT2D eigenvalue weighted by Gasteiger charge is -2.24. The number of hydrogen-bond donors (Lipinski definition) is 1. The van der Waals surface area contributed by atoms with Crippen LogP contribution < -0.4 is 5.32 Å². The van der Waals surface area contributed by atoms with E-state index in [0.29, 0.717) is 13.0 Å². The molecule has 2 aliphatic rings. The van der Waals surface area contributed by atoms with Gasteiger partial charge in [0.25, 0.3) is 0 Å². The Balaban J connectivity index is 1.96. The third-order valence-corrected chi connectivity index (χ3v) is 3.39. The van der Waals surface area contributed by atoms with Crippen molar-refractivity contribution in [3.8, 4) is 0 Å². The Morgan fingerprint density at radius 1 is 1.39 bits per heavy atom. The summed E-state index contributed by atoms with van der Waals surface area (Å²) < 4.78 is 10.4. The van der Waals surface area contributed by atoms with Crippen molar-refractivity contribution >= 4 is 11.9 Å². The van der Waals surface area contributed by atoms with Crippen molar-refractivity contribution in [1.82, 2.24) is 5.32 Å². The van der Waals surface area contributed by atoms with Gasteiger partial charge in [-0.3, -0.25) is 14.9 Å². The molecule has 3 unspecified atom stereocenters. The van der Waals surface area contributed by atoms with Gasteiger partial charge in [0.1, 0.15) is 17.2 Å². The third-order valence-electron chi connectivity index (χ3n) is 3.39. The van der Waals surface area contributed by atoms with Crippen LogP contribution in [0, 0.1) is 5.92 Å². The normalized spacial score (nSPS) is 33.8. The minimum atomic E-state index is -0.634. The lowest BCUT2D eigenvalue weighted by Crippen LogP contribution is -2.47. The molecule has 1 aliphatic carbocycles. The SMILES string of the molecule is CCOC(=O)C1CC2CC2(C(=O)OC(C)(C)C)N1. The molecule has 1 saturated heterocycles. The first-order valence-electron chi connectivity index (χ1n) is 6.46. The zero-order valence-corrected chi connectivity index (χ0v) is 11.4. The number of rotatable bonds is 3. The highest BCUT2D eigenvalue weighted by molar-refractivity contribution is 5.89. The van der Waals surface area contributed by atoms with Crippen LogP contribution in [0.15, 0.2) is 0 Å². The van der Waals surface area contributed by atoms with Gasteiger partial charge in [-0.05, 0) is 46.5 Å². The van der Waals surface area contributed by atoms with E-state index in [2.05, 4.69) is 5.32 Å². The van der Waals surface area contributed by atoms with E-state index >= 15 is 0 Å². The smallest absolute Gasteiger partial charge is 0.327 e. The summed E-state index contributed by atoms with van der Waals surface area (Å²) in [5, 5.41) is 3.10. The first-order chi connectivity index (χ1) is 8.28. The molecule has 5 nitrogen and oxygen atoms in total. The summed E-state index contributed by atoms with van der Waals surface area (Å²) in [6, 6.07) is -0.365. The first kappa shape index (κ1) is 13.3. The molecule has 0 aromatic carbocycles. The van der Waals surface area contributed by atoms with Gasteiger partial charge in [-0.1, -0.05) is 0 Å². The van der Waals surface area contributed by atoms with Crippen molar-refractivity contribution in [2.24, 2.45) is 5.92 Å². The zero-order valence-electron chi connectivity index (χ0n) is 11.4. The Kier molecular flexibility index (Phi) is 3.13. The second-order valence-corrected chi connectivity index (χ2v) is 6.06. The molecular formula is C13H21NO4. The van der Waals surface area contributed by atoms with Crippen LogP contribution in [0.5, 0.6) is 0 Å². The van der Waals surface area contributed by atoms with Gasteiger partial charge in [0.05, 0.1) is 6.61 Å². The Morgan fingerprint density at radius 2 is 2.06 bits per heavy atom. The van der Waals surface area contributed by atoms with E-state index in [1.807, 2.05) is 20.8 Å². The molecule has 3 atom stereocenters. The number of hydrogen-bond acceptors (Lipinski definition) is 5. The van der Waals surface area contributed by atoms with Crippen LogP contribution in [0.2, 0.25) is 0 Å². The van der Waals surface area contributed by atoms with Crippen molar-refractivity contribution in [1.29, 1.82) is 0 Å². The number of carbonyl (C=O) groups excluding carboxylic acids is 2. The van der Waals surface area contributed by atoms with Gasteiger partial charge in [-0.25, -0.2) is 0 Å². The topological polar surface area (TPSA) is 64.6 Å². The first-order valence-corrected chi connectivity index (χ1v) is 6.46. The standard InChI is InChI=1S/C13H21NO4/c1-5-17-10(15)9-6-8-7-13(8,14-9)11(16)18-12(2,3)4/h8-9,14H,5-7H2,1-4H3. The van der Waals surface area contributed by atoms with E-state index in [4.69, 9.17) is 9.47 Å². The predicted molar refractivity (Wildman–Crippen MR) is 64.9 cm³/mol. The molecule has 1 saturated carbocycles. The summed E-state index contributed by atoms with van der Waals surface area (Å²) in [6.45, 7) is 7.67. The average Bonchev–Trinajstić information content (AvgIpc) is 2.80. The van der Waals surface area contributed by atoms with Gasteiger partial charge in [0.15, 0.2) is 0 Å². The van der Waals surface area contributed by atoms with Crippen molar-refractivity contribution < 1.29 is 19.1 Å². The molecule has 102 valence electrons. The quantitative estimate of drug-likeness (QED) is 0.763. The highest BCUT2D eigenvalue weighted by Gasteiger charge is 2.68. The summed E-state index contributed by atoms with van der Waals surface area (Å²) in [5.41, 5.74) is -1.13. The molecule has 18 heavy (non-hydrogen) atoms. The van der Waals surface area contributed by atoms with E-state index in [1.54, 1.807) is 6.92 Å². The van der Waals surface area contributed by atoms with E-state index in [0.717, 1.165) is 6.42 Å². The molecule has 1 aliphatic heterocycles. The van der Waals surface area contributed by atoms with E-state index < -0.39 is 11.1 Å². The lowest BCUT2D eigenvalue weighted by molar-refractivity contribution is -0.159. The highest BCUT2D eigenvalue weighted by atomic mass is 16.6. The van der Waals surface area contributed by atoms with Gasteiger partial charge in [-0.15, -0.1) is 0 Å². The van der Waals surface area contributed by atoms with Crippen molar-refractivity contribution in [2.75, 3.05) is 6.61 Å². The molecule has 1 heterocycles. The predicted octanol–water partition coefficient (Wildman–Crippen LogP) is 1.01. The number of ether oxygens (including phenoxy) is 2. The largest absolute Gasteiger partial charge is 0.465 e. The van der Waals surface area contributed by atoms with Crippen molar-refractivity contribution in [3.05, 3.63) is 0 Å². The Morgan fingerprint density at radius 3 is 2.61 bits per heavy atom. The summed E-state index contributed by atoms with van der Waals surface area (Å²) in [7, 11) is 0. The number of piperidine rings is 1. The van der Waals surface area contributed by atoms with E-state index in [-0.39, 0.29) is 23.9 Å². The number of fused-ring (bicyclic) bond motifs is 1. The van der Waals surface area contributed by atoms with E-state index in [9.17, 15) is 9.59 Å². The Bertz CT molecular complexity index is 374. The van der Waals surface area contributed by atoms with Gasteiger partial charge in [0, 0.05) is 0 Å². The van der Waals surface area contributed by atoms with Crippen molar-refractivity contribution in [3.63, 3.8) is 0 Å². The monoisotopic (exact) mass is 255 g/mol. The molecule has 1 N–H and O–H groups in total. The molecule has 0 spiro atoms. The summed E-state index contributed by atoms with van der Waals surface area (Å²) in [6.07, 6.45) is 1.43. The molecular weight excluding hydrogens is 234 g/mol. The minimum Gasteiger partial charge on any atom is -0.465 e. The van der Waals surface area contributed by atoms with Crippen LogP contribution in [0.25, 0.3) is 0 Å². The van der Waals surface area contributed by atoms with Crippen LogP contribution >= 0.6 is 0 Å². The number of esters is 2. The summed E-state index contributed by atoms with van der Waals surface area (Å²) in [4.78, 5) is 23.7.